The number of likely N-dealkylation sites (N-methyl/N-ethyl adjacent to an activating group) is 1. The Balaban J connectivity index is 2.10. The van der Waals surface area contributed by atoms with Gasteiger partial charge < -0.3 is 24.1 Å². The van der Waals surface area contributed by atoms with Crippen LogP contribution < -0.4 is 9.64 Å². The van der Waals surface area contributed by atoms with Gasteiger partial charge in [-0.2, -0.15) is 0 Å². The quantitative estimate of drug-likeness (QED) is 0.432. The predicted octanol–water partition coefficient (Wildman–Crippen LogP) is 1.51. The van der Waals surface area contributed by atoms with Crippen LogP contribution in [-0.2, 0) is 9.59 Å². The normalized spacial score (nSPS) is 18.9. The van der Waals surface area contributed by atoms with E-state index in [4.69, 9.17) is 20.8 Å². The van der Waals surface area contributed by atoms with Crippen LogP contribution in [0.1, 0.15) is 17.4 Å². The van der Waals surface area contributed by atoms with E-state index in [1.807, 2.05) is 14.1 Å². The first-order valence-electron chi connectivity index (χ1n) is 8.80. The number of quaternary nitrogens is 1. The number of hydrogen-bond donors (Lipinski definition) is 2. The number of carbonyl (C=O) groups is 2. The zero-order chi connectivity index (χ0) is 20.4. The van der Waals surface area contributed by atoms with Gasteiger partial charge in [0.25, 0.3) is 11.7 Å². The summed E-state index contributed by atoms with van der Waals surface area (Å²) >= 11 is 6.15. The molecule has 28 heavy (non-hydrogen) atoms. The van der Waals surface area contributed by atoms with Crippen molar-refractivity contribution in [2.45, 2.75) is 6.04 Å². The van der Waals surface area contributed by atoms with Crippen molar-refractivity contribution >= 4 is 29.1 Å². The summed E-state index contributed by atoms with van der Waals surface area (Å²) in [5.74, 6) is -0.864. The minimum Gasteiger partial charge on any atom is -0.507 e. The van der Waals surface area contributed by atoms with Gasteiger partial charge in [0.15, 0.2) is 0 Å². The fraction of sp³-hybridized carbons (Fsp3) is 0.300. The summed E-state index contributed by atoms with van der Waals surface area (Å²) in [5.41, 5.74) is 0.300. The molecule has 2 heterocycles. The Kier molecular flexibility index (Phi) is 5.76. The predicted molar refractivity (Wildman–Crippen MR) is 103 cm³/mol. The minimum atomic E-state index is -0.796. The molecule has 0 aliphatic carbocycles. The number of ether oxygens (including phenoxy) is 1. The van der Waals surface area contributed by atoms with E-state index in [-0.39, 0.29) is 16.4 Å². The maximum atomic E-state index is 12.8. The number of likely N-dealkylation sites (tertiary alicyclic amines) is 1. The highest BCUT2D eigenvalue weighted by Crippen LogP contribution is 2.40. The highest BCUT2D eigenvalue weighted by molar-refractivity contribution is 6.46. The summed E-state index contributed by atoms with van der Waals surface area (Å²) in [4.78, 5) is 28.0. The molecule has 1 saturated heterocycles. The monoisotopic (exact) mass is 405 g/mol. The molecule has 1 amide bonds. The molecule has 3 rings (SSSR count). The summed E-state index contributed by atoms with van der Waals surface area (Å²) in [5, 5.41) is 11.2. The summed E-state index contributed by atoms with van der Waals surface area (Å²) in [6.07, 6.45) is 1.47. The Morgan fingerprint density at radius 3 is 2.64 bits per heavy atom. The van der Waals surface area contributed by atoms with E-state index in [1.54, 1.807) is 24.3 Å². The number of methoxy groups -OCH3 is 1. The van der Waals surface area contributed by atoms with Crippen LogP contribution >= 0.6 is 11.6 Å². The first-order valence-corrected chi connectivity index (χ1v) is 9.17. The molecular weight excluding hydrogens is 384 g/mol. The number of amides is 1. The Bertz CT molecular complexity index is 921. The number of ketones is 1. The Morgan fingerprint density at radius 1 is 1.32 bits per heavy atom. The van der Waals surface area contributed by atoms with Crippen LogP contribution in [0.5, 0.6) is 5.75 Å². The van der Waals surface area contributed by atoms with Crippen molar-refractivity contribution < 1.29 is 28.7 Å². The van der Waals surface area contributed by atoms with Crippen molar-refractivity contribution in [2.24, 2.45) is 0 Å². The highest BCUT2D eigenvalue weighted by atomic mass is 35.5. The molecule has 1 fully saturated rings. The van der Waals surface area contributed by atoms with Crippen LogP contribution in [0, 0.1) is 0 Å². The molecule has 0 unspecified atom stereocenters. The molecule has 2 aromatic rings. The van der Waals surface area contributed by atoms with Crippen molar-refractivity contribution in [3.05, 3.63) is 58.5 Å². The molecule has 0 saturated carbocycles. The van der Waals surface area contributed by atoms with E-state index in [2.05, 4.69) is 0 Å². The topological polar surface area (TPSA) is 84.4 Å². The van der Waals surface area contributed by atoms with Crippen LogP contribution in [0.4, 0.5) is 0 Å². The second-order valence-electron chi connectivity index (χ2n) is 6.81. The Hall–Kier alpha value is -2.77. The number of aliphatic hydroxyl groups excluding tert-OH is 1. The number of halogens is 1. The summed E-state index contributed by atoms with van der Waals surface area (Å²) < 4.78 is 10.6. The fourth-order valence-electron chi connectivity index (χ4n) is 3.17. The van der Waals surface area contributed by atoms with Crippen molar-refractivity contribution in [2.75, 3.05) is 34.3 Å². The van der Waals surface area contributed by atoms with Gasteiger partial charge in [-0.15, -0.1) is 0 Å². The van der Waals surface area contributed by atoms with Gasteiger partial charge in [-0.25, -0.2) is 0 Å². The fourth-order valence-corrected chi connectivity index (χ4v) is 3.42. The molecule has 2 N–H and O–H groups in total. The maximum Gasteiger partial charge on any atom is 0.295 e. The highest BCUT2D eigenvalue weighted by Gasteiger charge is 2.47. The third-order valence-electron chi connectivity index (χ3n) is 4.63. The molecule has 0 bridgehead atoms. The number of nitrogens with zero attached hydrogens (tertiary/aromatic N) is 1. The van der Waals surface area contributed by atoms with Crippen molar-refractivity contribution in [3.8, 4) is 5.75 Å². The number of hydrogen-bond acceptors (Lipinski definition) is 5. The summed E-state index contributed by atoms with van der Waals surface area (Å²) in [6.45, 7) is 0.983. The Morgan fingerprint density at radius 2 is 2.07 bits per heavy atom. The van der Waals surface area contributed by atoms with Crippen molar-refractivity contribution in [3.63, 3.8) is 0 Å². The molecule has 0 spiro atoms. The van der Waals surface area contributed by atoms with Gasteiger partial charge in [0.2, 0.25) is 0 Å². The SMILES string of the molecule is COc1ccc(C(O)=C2C(=O)C(=O)N(CC[NH+](C)C)[C@H]2c2ccco2)cc1Cl. The van der Waals surface area contributed by atoms with Crippen molar-refractivity contribution in [1.29, 1.82) is 0 Å². The average molecular weight is 406 g/mol. The van der Waals surface area contributed by atoms with Crippen molar-refractivity contribution in [1.82, 2.24) is 4.90 Å². The second kappa shape index (κ2) is 8.08. The van der Waals surface area contributed by atoms with E-state index in [9.17, 15) is 14.7 Å². The third-order valence-corrected chi connectivity index (χ3v) is 4.93. The molecule has 1 aliphatic rings. The molecule has 0 radical (unpaired) electrons. The van der Waals surface area contributed by atoms with E-state index in [0.717, 1.165) is 4.90 Å². The van der Waals surface area contributed by atoms with Gasteiger partial charge in [-0.3, -0.25) is 9.59 Å². The van der Waals surface area contributed by atoms with E-state index in [1.165, 1.54) is 24.3 Å². The smallest absolute Gasteiger partial charge is 0.295 e. The van der Waals surface area contributed by atoms with E-state index >= 15 is 0 Å². The summed E-state index contributed by atoms with van der Waals surface area (Å²) in [7, 11) is 5.39. The standard InChI is InChI=1S/C20H21ClN2O5/c1-22(2)8-9-23-17(15-5-4-10-28-15)16(19(25)20(23)26)18(24)12-6-7-14(27-3)13(21)11-12/h4-7,10-11,17,24H,8-9H2,1-3H3/p+1/t17-/m0/s1. The zero-order valence-electron chi connectivity index (χ0n) is 15.9. The second-order valence-corrected chi connectivity index (χ2v) is 7.22. The van der Waals surface area contributed by atoms with Crippen LogP contribution in [0.15, 0.2) is 46.6 Å². The van der Waals surface area contributed by atoms with Crippen LogP contribution in [-0.4, -0.2) is 56.0 Å². The molecule has 1 aliphatic heterocycles. The largest absolute Gasteiger partial charge is 0.507 e. The first-order chi connectivity index (χ1) is 13.3. The molecular formula is C20H22ClN2O5+. The zero-order valence-corrected chi connectivity index (χ0v) is 16.6. The Labute approximate surface area is 167 Å². The van der Waals surface area contributed by atoms with Gasteiger partial charge in [-0.05, 0) is 30.3 Å². The lowest BCUT2D eigenvalue weighted by Crippen LogP contribution is -3.06. The lowest BCUT2D eigenvalue weighted by molar-refractivity contribution is -0.857. The van der Waals surface area contributed by atoms with Gasteiger partial charge in [0, 0.05) is 5.56 Å². The molecule has 1 aromatic carbocycles. The van der Waals surface area contributed by atoms with E-state index in [0.29, 0.717) is 30.2 Å². The van der Waals surface area contributed by atoms with Crippen LogP contribution in [0.25, 0.3) is 5.76 Å². The lowest BCUT2D eigenvalue weighted by atomic mass is 9.99. The summed E-state index contributed by atoms with van der Waals surface area (Å²) in [6, 6.07) is 7.22. The lowest BCUT2D eigenvalue weighted by Gasteiger charge is -2.23. The molecule has 148 valence electrons. The van der Waals surface area contributed by atoms with Gasteiger partial charge in [0.05, 0.1) is 51.2 Å². The molecule has 7 nitrogen and oxygen atoms in total. The number of furan rings is 1. The van der Waals surface area contributed by atoms with Gasteiger partial charge in [-0.1, -0.05) is 11.6 Å². The van der Waals surface area contributed by atoms with Gasteiger partial charge >= 0.3 is 0 Å². The maximum absolute atomic E-state index is 12.8. The average Bonchev–Trinajstić information content (AvgIpc) is 3.27. The van der Waals surface area contributed by atoms with E-state index < -0.39 is 17.7 Å². The molecule has 1 atom stereocenters. The number of rotatable bonds is 6. The number of aliphatic hydroxyl groups is 1. The first kappa shape index (κ1) is 20.0. The van der Waals surface area contributed by atoms with Crippen LogP contribution in [0.2, 0.25) is 5.02 Å². The van der Waals surface area contributed by atoms with Crippen LogP contribution in [0.3, 0.4) is 0 Å². The number of carbonyl (C=O) groups excluding carboxylic acids is 2. The van der Waals surface area contributed by atoms with Gasteiger partial charge in [0.1, 0.15) is 23.3 Å². The number of benzene rings is 1. The minimum absolute atomic E-state index is 0.0186. The number of Topliss-reactive ketones (excluding diaryl/α,β-unsaturated/α-hetero) is 1. The molecule has 8 heteroatoms. The molecule has 1 aromatic heterocycles. The third kappa shape index (κ3) is 3.63. The number of nitrogens with one attached hydrogen (secondary N) is 1.